The van der Waals surface area contributed by atoms with Crippen LogP contribution < -0.4 is 0 Å². The third kappa shape index (κ3) is 4.43. The standard InChI is InChI=1S/C24H27N3O/c25-16-20-5-7-21(8-6-20)17-26-12-9-19(10-13-26)15-24(28)27-14-11-22-3-1-2-4-23(22)18-27/h1-8,19H,9-15,17-18H2. The van der Waals surface area contributed by atoms with E-state index in [1.54, 1.807) is 0 Å². The van der Waals surface area contributed by atoms with Crippen molar-refractivity contribution in [3.8, 4) is 6.07 Å². The summed E-state index contributed by atoms with van der Waals surface area (Å²) in [5, 5.41) is 8.90. The number of carbonyl (C=O) groups is 1. The van der Waals surface area contributed by atoms with Crippen LogP contribution in [0.25, 0.3) is 0 Å². The zero-order valence-electron chi connectivity index (χ0n) is 16.3. The predicted molar refractivity (Wildman–Crippen MR) is 109 cm³/mol. The number of benzene rings is 2. The molecule has 1 fully saturated rings. The molecule has 0 spiro atoms. The second-order valence-electron chi connectivity index (χ2n) is 8.07. The molecule has 144 valence electrons. The lowest BCUT2D eigenvalue weighted by atomic mass is 9.92. The number of rotatable bonds is 4. The minimum Gasteiger partial charge on any atom is -0.338 e. The Morgan fingerprint density at radius 3 is 2.43 bits per heavy atom. The van der Waals surface area contributed by atoms with Crippen LogP contribution in [0.4, 0.5) is 0 Å². The number of likely N-dealkylation sites (tertiary alicyclic amines) is 1. The van der Waals surface area contributed by atoms with Gasteiger partial charge in [0.05, 0.1) is 11.6 Å². The zero-order valence-corrected chi connectivity index (χ0v) is 16.3. The molecule has 0 unspecified atom stereocenters. The van der Waals surface area contributed by atoms with Gasteiger partial charge in [-0.3, -0.25) is 9.69 Å². The highest BCUT2D eigenvalue weighted by molar-refractivity contribution is 5.76. The van der Waals surface area contributed by atoms with Gasteiger partial charge in [-0.25, -0.2) is 0 Å². The number of carbonyl (C=O) groups excluding carboxylic acids is 1. The first-order chi connectivity index (χ1) is 13.7. The normalized spacial score (nSPS) is 17.8. The van der Waals surface area contributed by atoms with E-state index in [1.165, 1.54) is 16.7 Å². The highest BCUT2D eigenvalue weighted by Gasteiger charge is 2.26. The third-order valence-electron chi connectivity index (χ3n) is 6.14. The lowest BCUT2D eigenvalue weighted by Crippen LogP contribution is -2.39. The Morgan fingerprint density at radius 2 is 1.71 bits per heavy atom. The Labute approximate surface area is 167 Å². The van der Waals surface area contributed by atoms with E-state index in [-0.39, 0.29) is 0 Å². The van der Waals surface area contributed by atoms with Gasteiger partial charge in [-0.15, -0.1) is 0 Å². The molecule has 1 amide bonds. The lowest BCUT2D eigenvalue weighted by molar-refractivity contribution is -0.133. The third-order valence-corrected chi connectivity index (χ3v) is 6.14. The van der Waals surface area contributed by atoms with Gasteiger partial charge < -0.3 is 4.90 Å². The van der Waals surface area contributed by atoms with E-state index in [9.17, 15) is 4.79 Å². The van der Waals surface area contributed by atoms with Crippen LogP contribution >= 0.6 is 0 Å². The summed E-state index contributed by atoms with van der Waals surface area (Å²) in [7, 11) is 0. The topological polar surface area (TPSA) is 47.3 Å². The molecule has 0 radical (unpaired) electrons. The molecule has 2 aromatic carbocycles. The average Bonchev–Trinajstić information content (AvgIpc) is 2.75. The van der Waals surface area contributed by atoms with Crippen LogP contribution in [0.5, 0.6) is 0 Å². The van der Waals surface area contributed by atoms with Crippen LogP contribution in [0.1, 0.15) is 41.5 Å². The van der Waals surface area contributed by atoms with Crippen molar-refractivity contribution in [1.29, 1.82) is 5.26 Å². The van der Waals surface area contributed by atoms with E-state index >= 15 is 0 Å². The smallest absolute Gasteiger partial charge is 0.223 e. The average molecular weight is 374 g/mol. The van der Waals surface area contributed by atoms with Gasteiger partial charge in [0.2, 0.25) is 5.91 Å². The van der Waals surface area contributed by atoms with E-state index in [0.29, 0.717) is 23.8 Å². The van der Waals surface area contributed by atoms with E-state index in [0.717, 1.165) is 52.0 Å². The molecule has 0 atom stereocenters. The number of piperidine rings is 1. The number of hydrogen-bond acceptors (Lipinski definition) is 3. The summed E-state index contributed by atoms with van der Waals surface area (Å²) in [6, 6.07) is 18.5. The number of nitrogens with zero attached hydrogens (tertiary/aromatic N) is 3. The van der Waals surface area contributed by atoms with Gasteiger partial charge in [-0.2, -0.15) is 5.26 Å². The molecule has 2 heterocycles. The summed E-state index contributed by atoms with van der Waals surface area (Å²) in [4.78, 5) is 17.3. The molecular weight excluding hydrogens is 346 g/mol. The molecular formula is C24H27N3O. The van der Waals surface area contributed by atoms with Crippen molar-refractivity contribution in [2.75, 3.05) is 19.6 Å². The molecule has 2 aliphatic heterocycles. The molecule has 0 aromatic heterocycles. The van der Waals surface area contributed by atoms with Crippen molar-refractivity contribution in [2.45, 2.75) is 38.8 Å². The number of amides is 1. The first-order valence-electron chi connectivity index (χ1n) is 10.3. The Morgan fingerprint density at radius 1 is 1.00 bits per heavy atom. The number of fused-ring (bicyclic) bond motifs is 1. The maximum Gasteiger partial charge on any atom is 0.223 e. The minimum absolute atomic E-state index is 0.319. The fourth-order valence-electron chi connectivity index (χ4n) is 4.38. The first-order valence-corrected chi connectivity index (χ1v) is 10.3. The van der Waals surface area contributed by atoms with Crippen molar-refractivity contribution in [2.24, 2.45) is 5.92 Å². The van der Waals surface area contributed by atoms with Crippen LogP contribution in [0, 0.1) is 17.2 Å². The molecule has 0 N–H and O–H groups in total. The highest BCUT2D eigenvalue weighted by Crippen LogP contribution is 2.25. The maximum atomic E-state index is 12.8. The van der Waals surface area contributed by atoms with Gasteiger partial charge in [0.25, 0.3) is 0 Å². The molecule has 28 heavy (non-hydrogen) atoms. The van der Waals surface area contributed by atoms with Crippen molar-refractivity contribution in [3.05, 3.63) is 70.8 Å². The molecule has 2 aromatic rings. The van der Waals surface area contributed by atoms with Gasteiger partial charge in [-0.05, 0) is 67.1 Å². The van der Waals surface area contributed by atoms with E-state index in [2.05, 4.69) is 35.2 Å². The molecule has 0 bridgehead atoms. The fraction of sp³-hybridized carbons (Fsp3) is 0.417. The SMILES string of the molecule is N#Cc1ccc(CN2CCC(CC(=O)N3CCc4ccccc4C3)CC2)cc1. The summed E-state index contributed by atoms with van der Waals surface area (Å²) in [6.45, 7) is 4.64. The Bertz CT molecular complexity index is 860. The quantitative estimate of drug-likeness (QED) is 0.820. The van der Waals surface area contributed by atoms with Gasteiger partial charge >= 0.3 is 0 Å². The van der Waals surface area contributed by atoms with Crippen LogP contribution in [0.3, 0.4) is 0 Å². The van der Waals surface area contributed by atoms with Crippen molar-refractivity contribution in [1.82, 2.24) is 9.80 Å². The van der Waals surface area contributed by atoms with E-state index in [4.69, 9.17) is 5.26 Å². The predicted octanol–water partition coefficient (Wildman–Crippen LogP) is 3.75. The summed E-state index contributed by atoms with van der Waals surface area (Å²) >= 11 is 0. The van der Waals surface area contributed by atoms with Crippen molar-refractivity contribution < 1.29 is 4.79 Å². The molecule has 0 saturated carbocycles. The Balaban J connectivity index is 1.24. The second kappa shape index (κ2) is 8.58. The summed E-state index contributed by atoms with van der Waals surface area (Å²) in [5.74, 6) is 0.821. The molecule has 2 aliphatic rings. The second-order valence-corrected chi connectivity index (χ2v) is 8.07. The minimum atomic E-state index is 0.319. The molecule has 4 nitrogen and oxygen atoms in total. The van der Waals surface area contributed by atoms with Gasteiger partial charge in [0, 0.05) is 26.1 Å². The fourth-order valence-corrected chi connectivity index (χ4v) is 4.38. The van der Waals surface area contributed by atoms with Crippen LogP contribution in [-0.4, -0.2) is 35.3 Å². The number of hydrogen-bond donors (Lipinski definition) is 0. The largest absolute Gasteiger partial charge is 0.338 e. The molecule has 1 saturated heterocycles. The van der Waals surface area contributed by atoms with Gasteiger partial charge in [0.15, 0.2) is 0 Å². The lowest BCUT2D eigenvalue weighted by Gasteiger charge is -2.34. The molecule has 4 heteroatoms. The Hall–Kier alpha value is -2.64. The zero-order chi connectivity index (χ0) is 19.3. The van der Waals surface area contributed by atoms with E-state index < -0.39 is 0 Å². The molecule has 0 aliphatic carbocycles. The van der Waals surface area contributed by atoms with Crippen LogP contribution in [0.15, 0.2) is 48.5 Å². The Kier molecular flexibility index (Phi) is 5.73. The summed E-state index contributed by atoms with van der Waals surface area (Å²) in [5.41, 5.74) is 4.66. The summed E-state index contributed by atoms with van der Waals surface area (Å²) < 4.78 is 0. The maximum absolute atomic E-state index is 12.8. The van der Waals surface area contributed by atoms with Gasteiger partial charge in [0.1, 0.15) is 0 Å². The number of nitriles is 1. The highest BCUT2D eigenvalue weighted by atomic mass is 16.2. The monoisotopic (exact) mass is 373 g/mol. The van der Waals surface area contributed by atoms with Crippen molar-refractivity contribution in [3.63, 3.8) is 0 Å². The first kappa shape index (κ1) is 18.7. The van der Waals surface area contributed by atoms with Gasteiger partial charge in [-0.1, -0.05) is 36.4 Å². The molecule has 4 rings (SSSR count). The van der Waals surface area contributed by atoms with Crippen molar-refractivity contribution >= 4 is 5.91 Å². The van der Waals surface area contributed by atoms with E-state index in [1.807, 2.05) is 29.2 Å². The van der Waals surface area contributed by atoms with Crippen LogP contribution in [-0.2, 0) is 24.3 Å². The summed E-state index contributed by atoms with van der Waals surface area (Å²) in [6.07, 6.45) is 3.84. The van der Waals surface area contributed by atoms with Crippen LogP contribution in [0.2, 0.25) is 0 Å².